The van der Waals surface area contributed by atoms with E-state index < -0.39 is 16.1 Å². The molecule has 1 atom stereocenters. The number of aromatic nitrogens is 4. The van der Waals surface area contributed by atoms with Crippen LogP contribution in [0.5, 0.6) is 0 Å². The fourth-order valence-corrected chi connectivity index (χ4v) is 4.17. The summed E-state index contributed by atoms with van der Waals surface area (Å²) < 4.78 is 28.4. The van der Waals surface area contributed by atoms with Crippen molar-refractivity contribution < 1.29 is 8.42 Å². The van der Waals surface area contributed by atoms with Crippen molar-refractivity contribution in [2.75, 3.05) is 0 Å². The Labute approximate surface area is 168 Å². The predicted molar refractivity (Wildman–Crippen MR) is 109 cm³/mol. The first-order chi connectivity index (χ1) is 14.1. The van der Waals surface area contributed by atoms with Crippen LogP contribution in [0.2, 0.25) is 0 Å². The first-order valence-electron chi connectivity index (χ1n) is 9.05. The zero-order valence-corrected chi connectivity index (χ0v) is 16.3. The number of hydrogen-bond donors (Lipinski definition) is 2. The van der Waals surface area contributed by atoms with E-state index in [1.54, 1.807) is 30.6 Å². The van der Waals surface area contributed by atoms with Crippen LogP contribution in [-0.4, -0.2) is 28.6 Å². The summed E-state index contributed by atoms with van der Waals surface area (Å²) in [5, 5.41) is 6.87. The Balaban J connectivity index is 1.60. The molecule has 0 aliphatic carbocycles. The van der Waals surface area contributed by atoms with Gasteiger partial charge in [0.1, 0.15) is 0 Å². The average Bonchev–Trinajstić information content (AvgIpc) is 3.30. The predicted octanol–water partition coefficient (Wildman–Crippen LogP) is 3.13. The fourth-order valence-electron chi connectivity index (χ4n) is 3.02. The largest absolute Gasteiger partial charge is 0.278 e. The van der Waals surface area contributed by atoms with Crippen molar-refractivity contribution in [2.45, 2.75) is 17.5 Å². The summed E-state index contributed by atoms with van der Waals surface area (Å²) in [6.07, 6.45) is 5.26. The molecule has 7 nitrogen and oxygen atoms in total. The lowest BCUT2D eigenvalue weighted by Gasteiger charge is -2.18. The molecule has 0 spiro atoms. The highest BCUT2D eigenvalue weighted by atomic mass is 32.2. The SMILES string of the molecule is O=S(=O)(NC(Cc1ccc(-c2ccn[nH]2)cc1)c1ccccn1)c1ccccn1. The molecular weight excluding hydrogens is 386 g/mol. The number of hydrogen-bond acceptors (Lipinski definition) is 5. The number of H-pyrrole nitrogens is 1. The summed E-state index contributed by atoms with van der Waals surface area (Å²) in [4.78, 5) is 8.31. The van der Waals surface area contributed by atoms with E-state index >= 15 is 0 Å². The summed E-state index contributed by atoms with van der Waals surface area (Å²) in [6, 6.07) is 19.5. The number of nitrogens with one attached hydrogen (secondary N) is 2. The molecule has 1 aromatic carbocycles. The maximum Gasteiger partial charge on any atom is 0.258 e. The van der Waals surface area contributed by atoms with Crippen molar-refractivity contribution in [3.05, 3.63) is 96.6 Å². The second-order valence-corrected chi connectivity index (χ2v) is 8.13. The molecule has 0 aliphatic rings. The first kappa shape index (κ1) is 19.0. The maximum atomic E-state index is 12.8. The molecule has 2 N–H and O–H groups in total. The number of sulfonamides is 1. The topological polar surface area (TPSA) is 101 Å². The van der Waals surface area contributed by atoms with E-state index in [0.29, 0.717) is 12.1 Å². The van der Waals surface area contributed by atoms with E-state index in [9.17, 15) is 8.42 Å². The van der Waals surface area contributed by atoms with Crippen LogP contribution in [0.1, 0.15) is 17.3 Å². The molecule has 4 rings (SSSR count). The Bertz CT molecular complexity index is 1150. The number of benzene rings is 1. The molecule has 0 saturated heterocycles. The van der Waals surface area contributed by atoms with Gasteiger partial charge in [-0.2, -0.15) is 5.10 Å². The minimum atomic E-state index is -3.79. The van der Waals surface area contributed by atoms with Gasteiger partial charge in [-0.3, -0.25) is 10.1 Å². The number of pyridine rings is 2. The molecule has 8 heteroatoms. The average molecular weight is 405 g/mol. The lowest BCUT2D eigenvalue weighted by molar-refractivity contribution is 0.546. The molecule has 0 aliphatic heterocycles. The van der Waals surface area contributed by atoms with Crippen LogP contribution >= 0.6 is 0 Å². The Kier molecular flexibility index (Phi) is 5.46. The Morgan fingerprint density at radius 3 is 2.24 bits per heavy atom. The van der Waals surface area contributed by atoms with E-state index in [1.807, 2.05) is 42.5 Å². The van der Waals surface area contributed by atoms with E-state index in [2.05, 4.69) is 24.9 Å². The van der Waals surface area contributed by atoms with Crippen molar-refractivity contribution in [3.8, 4) is 11.3 Å². The molecule has 3 heterocycles. The fraction of sp³-hybridized carbons (Fsp3) is 0.0952. The van der Waals surface area contributed by atoms with E-state index in [1.165, 1.54) is 12.3 Å². The van der Waals surface area contributed by atoms with Crippen molar-refractivity contribution in [1.82, 2.24) is 24.9 Å². The maximum absolute atomic E-state index is 12.8. The van der Waals surface area contributed by atoms with Crippen molar-refractivity contribution >= 4 is 10.0 Å². The quantitative estimate of drug-likeness (QED) is 0.492. The van der Waals surface area contributed by atoms with Gasteiger partial charge in [0.25, 0.3) is 10.0 Å². The van der Waals surface area contributed by atoms with Crippen molar-refractivity contribution in [3.63, 3.8) is 0 Å². The van der Waals surface area contributed by atoms with Gasteiger partial charge in [0, 0.05) is 18.6 Å². The zero-order valence-electron chi connectivity index (χ0n) is 15.4. The van der Waals surface area contributed by atoms with Crippen LogP contribution in [0, 0.1) is 0 Å². The molecule has 4 aromatic rings. The summed E-state index contributed by atoms with van der Waals surface area (Å²) in [5.41, 5.74) is 3.56. The van der Waals surface area contributed by atoms with Gasteiger partial charge in [-0.1, -0.05) is 36.4 Å². The zero-order chi connectivity index (χ0) is 20.1. The summed E-state index contributed by atoms with van der Waals surface area (Å²) in [6.45, 7) is 0. The van der Waals surface area contributed by atoms with E-state index in [4.69, 9.17) is 0 Å². The van der Waals surface area contributed by atoms with Gasteiger partial charge in [0.2, 0.25) is 0 Å². The van der Waals surface area contributed by atoms with Gasteiger partial charge in [-0.05, 0) is 47.9 Å². The van der Waals surface area contributed by atoms with Gasteiger partial charge in [-0.25, -0.2) is 18.1 Å². The highest BCUT2D eigenvalue weighted by Crippen LogP contribution is 2.22. The normalized spacial score (nSPS) is 12.6. The molecule has 0 saturated carbocycles. The first-order valence-corrected chi connectivity index (χ1v) is 10.5. The molecule has 0 amide bonds. The lowest BCUT2D eigenvalue weighted by atomic mass is 10.0. The van der Waals surface area contributed by atoms with Crippen LogP contribution in [0.4, 0.5) is 0 Å². The van der Waals surface area contributed by atoms with Crippen molar-refractivity contribution in [2.24, 2.45) is 0 Å². The molecule has 146 valence electrons. The third-order valence-electron chi connectivity index (χ3n) is 4.46. The van der Waals surface area contributed by atoms with Crippen LogP contribution in [0.15, 0.2) is 90.3 Å². The number of rotatable bonds is 7. The molecule has 0 radical (unpaired) electrons. The van der Waals surface area contributed by atoms with Gasteiger partial charge in [-0.15, -0.1) is 0 Å². The van der Waals surface area contributed by atoms with E-state index in [0.717, 1.165) is 16.8 Å². The Morgan fingerprint density at radius 1 is 0.862 bits per heavy atom. The van der Waals surface area contributed by atoms with Gasteiger partial charge < -0.3 is 0 Å². The van der Waals surface area contributed by atoms with E-state index in [-0.39, 0.29) is 5.03 Å². The molecule has 29 heavy (non-hydrogen) atoms. The van der Waals surface area contributed by atoms with Gasteiger partial charge in [0.05, 0.1) is 17.4 Å². The smallest absolute Gasteiger partial charge is 0.258 e. The van der Waals surface area contributed by atoms with Crippen LogP contribution in [0.3, 0.4) is 0 Å². The van der Waals surface area contributed by atoms with Gasteiger partial charge >= 0.3 is 0 Å². The van der Waals surface area contributed by atoms with Crippen LogP contribution < -0.4 is 4.72 Å². The summed E-state index contributed by atoms with van der Waals surface area (Å²) in [7, 11) is -3.79. The number of aromatic amines is 1. The number of nitrogens with zero attached hydrogens (tertiary/aromatic N) is 3. The van der Waals surface area contributed by atoms with Gasteiger partial charge in [0.15, 0.2) is 5.03 Å². The molecular formula is C21H19N5O2S. The summed E-state index contributed by atoms with van der Waals surface area (Å²) in [5.74, 6) is 0. The summed E-state index contributed by atoms with van der Waals surface area (Å²) >= 11 is 0. The molecule has 1 unspecified atom stereocenters. The molecule has 3 aromatic heterocycles. The highest BCUT2D eigenvalue weighted by molar-refractivity contribution is 7.89. The molecule has 0 bridgehead atoms. The minimum Gasteiger partial charge on any atom is -0.278 e. The second kappa shape index (κ2) is 8.34. The highest BCUT2D eigenvalue weighted by Gasteiger charge is 2.23. The van der Waals surface area contributed by atoms with Crippen molar-refractivity contribution in [1.29, 1.82) is 0 Å². The standard InChI is InChI=1S/C21H19N5O2S/c27-29(28,21-6-2-4-13-23-21)26-20(19-5-1-3-12-22-19)15-16-7-9-17(10-8-16)18-11-14-24-25-18/h1-14,20,26H,15H2,(H,24,25). The third-order valence-corrected chi connectivity index (χ3v) is 5.85. The molecule has 0 fully saturated rings. The Morgan fingerprint density at radius 2 is 1.62 bits per heavy atom. The lowest BCUT2D eigenvalue weighted by Crippen LogP contribution is -2.31. The van der Waals surface area contributed by atoms with Crippen LogP contribution in [-0.2, 0) is 16.4 Å². The monoisotopic (exact) mass is 405 g/mol. The minimum absolute atomic E-state index is 0.0180. The van der Waals surface area contributed by atoms with Crippen LogP contribution in [0.25, 0.3) is 11.3 Å². The Hall–Kier alpha value is -3.36. The second-order valence-electron chi connectivity index (χ2n) is 6.47. The third kappa shape index (κ3) is 4.56.